The average Bonchev–Trinajstić information content (AvgIpc) is 2.41. The average molecular weight is 319 g/mol. The van der Waals surface area contributed by atoms with Crippen molar-refractivity contribution in [2.75, 3.05) is 5.32 Å². The molecule has 3 N–H and O–H groups in total. The Morgan fingerprint density at radius 2 is 1.89 bits per heavy atom. The van der Waals surface area contributed by atoms with Crippen LogP contribution < -0.4 is 10.6 Å². The maximum absolute atomic E-state index is 12.0. The molecule has 3 rings (SSSR count). The first kappa shape index (κ1) is 12.0. The van der Waals surface area contributed by atoms with Crippen LogP contribution in [0.3, 0.4) is 0 Å². The summed E-state index contributed by atoms with van der Waals surface area (Å²) in [4.78, 5) is 12.0. The molecule has 1 aliphatic rings. The molecule has 96 valence electrons. The van der Waals surface area contributed by atoms with Crippen LogP contribution in [0, 0.1) is 0 Å². The number of carbonyl (C=O) groups is 1. The summed E-state index contributed by atoms with van der Waals surface area (Å²) in [6.45, 7) is 0. The Kier molecular flexibility index (Phi) is 2.91. The molecule has 0 fully saturated rings. The van der Waals surface area contributed by atoms with Crippen molar-refractivity contribution < 1.29 is 9.90 Å². The van der Waals surface area contributed by atoms with Crippen LogP contribution >= 0.6 is 15.9 Å². The molecule has 0 saturated heterocycles. The first-order valence-electron chi connectivity index (χ1n) is 5.80. The van der Waals surface area contributed by atoms with Crippen molar-refractivity contribution in [2.45, 2.75) is 6.17 Å². The highest BCUT2D eigenvalue weighted by Crippen LogP contribution is 2.32. The summed E-state index contributed by atoms with van der Waals surface area (Å²) in [5, 5.41) is 15.9. The van der Waals surface area contributed by atoms with E-state index >= 15 is 0 Å². The molecule has 0 aromatic heterocycles. The lowest BCUT2D eigenvalue weighted by molar-refractivity contribution is 0.0935. The van der Waals surface area contributed by atoms with Gasteiger partial charge in [0.25, 0.3) is 5.91 Å². The molecular weight excluding hydrogens is 308 g/mol. The predicted molar refractivity (Wildman–Crippen MR) is 76.1 cm³/mol. The van der Waals surface area contributed by atoms with Gasteiger partial charge in [-0.15, -0.1) is 0 Å². The van der Waals surface area contributed by atoms with Gasteiger partial charge in [-0.3, -0.25) is 4.79 Å². The van der Waals surface area contributed by atoms with Gasteiger partial charge >= 0.3 is 0 Å². The summed E-state index contributed by atoms with van der Waals surface area (Å²) in [5.74, 6) is -0.0147. The number of amides is 1. The quantitative estimate of drug-likeness (QED) is 0.757. The lowest BCUT2D eigenvalue weighted by Crippen LogP contribution is -2.38. The minimum Gasteiger partial charge on any atom is -0.508 e. The van der Waals surface area contributed by atoms with Crippen LogP contribution in [0.4, 0.5) is 5.69 Å². The monoisotopic (exact) mass is 318 g/mol. The molecule has 0 spiro atoms. The zero-order valence-electron chi connectivity index (χ0n) is 9.85. The van der Waals surface area contributed by atoms with Crippen molar-refractivity contribution >= 4 is 27.5 Å². The summed E-state index contributed by atoms with van der Waals surface area (Å²) in [6, 6.07) is 12.4. The number of hydrogen-bond acceptors (Lipinski definition) is 3. The summed E-state index contributed by atoms with van der Waals surface area (Å²) < 4.78 is 0.843. The normalized spacial score (nSPS) is 17.3. The lowest BCUT2D eigenvalue weighted by atomic mass is 10.1. The van der Waals surface area contributed by atoms with E-state index < -0.39 is 6.17 Å². The summed E-state index contributed by atoms with van der Waals surface area (Å²) in [6.07, 6.45) is -0.445. The van der Waals surface area contributed by atoms with Crippen molar-refractivity contribution in [3.8, 4) is 5.75 Å². The number of benzene rings is 2. The molecule has 2 aromatic rings. The van der Waals surface area contributed by atoms with E-state index in [1.165, 1.54) is 0 Å². The van der Waals surface area contributed by atoms with Crippen LogP contribution in [-0.2, 0) is 0 Å². The van der Waals surface area contributed by atoms with Crippen molar-refractivity contribution in [1.82, 2.24) is 5.32 Å². The molecule has 0 radical (unpaired) electrons. The maximum atomic E-state index is 12.0. The SMILES string of the molecule is O=C1NC(c2cc(Br)ccc2O)Nc2ccccc21. The van der Waals surface area contributed by atoms with Gasteiger partial charge in [0.15, 0.2) is 0 Å². The number of para-hydroxylation sites is 1. The number of aromatic hydroxyl groups is 1. The van der Waals surface area contributed by atoms with Crippen molar-refractivity contribution in [3.05, 3.63) is 58.1 Å². The molecule has 2 aromatic carbocycles. The first-order chi connectivity index (χ1) is 9.15. The Morgan fingerprint density at radius 3 is 2.74 bits per heavy atom. The molecule has 5 heteroatoms. The molecule has 1 unspecified atom stereocenters. The second-order valence-corrected chi connectivity index (χ2v) is 5.22. The van der Waals surface area contributed by atoms with E-state index in [0.29, 0.717) is 11.1 Å². The van der Waals surface area contributed by atoms with Gasteiger partial charge in [-0.05, 0) is 30.3 Å². The molecule has 0 aliphatic carbocycles. The smallest absolute Gasteiger partial charge is 0.255 e. The van der Waals surface area contributed by atoms with Crippen molar-refractivity contribution in [1.29, 1.82) is 0 Å². The topological polar surface area (TPSA) is 61.4 Å². The summed E-state index contributed by atoms with van der Waals surface area (Å²) in [5.41, 5.74) is 1.99. The largest absolute Gasteiger partial charge is 0.508 e. The highest BCUT2D eigenvalue weighted by molar-refractivity contribution is 9.10. The number of halogens is 1. The number of anilines is 1. The van der Waals surface area contributed by atoms with Gasteiger partial charge in [-0.1, -0.05) is 28.1 Å². The predicted octanol–water partition coefficient (Wildman–Crippen LogP) is 3.01. The van der Waals surface area contributed by atoms with Crippen LogP contribution in [0.5, 0.6) is 5.75 Å². The fourth-order valence-corrected chi connectivity index (χ4v) is 2.50. The molecule has 0 saturated carbocycles. The van der Waals surface area contributed by atoms with Crippen LogP contribution in [0.1, 0.15) is 22.1 Å². The maximum Gasteiger partial charge on any atom is 0.255 e. The third-order valence-corrected chi connectivity index (χ3v) is 3.54. The first-order valence-corrected chi connectivity index (χ1v) is 6.59. The molecule has 1 amide bonds. The number of phenolic OH excluding ortho intramolecular Hbond substituents is 1. The van der Waals surface area contributed by atoms with E-state index in [-0.39, 0.29) is 11.7 Å². The Morgan fingerprint density at radius 1 is 1.11 bits per heavy atom. The van der Waals surface area contributed by atoms with Gasteiger partial charge in [0.1, 0.15) is 11.9 Å². The molecular formula is C14H11BrN2O2. The zero-order valence-corrected chi connectivity index (χ0v) is 11.4. The number of rotatable bonds is 1. The number of fused-ring (bicyclic) bond motifs is 1. The summed E-state index contributed by atoms with van der Waals surface area (Å²) in [7, 11) is 0. The zero-order chi connectivity index (χ0) is 13.4. The highest BCUT2D eigenvalue weighted by atomic mass is 79.9. The van der Waals surface area contributed by atoms with Gasteiger partial charge in [0, 0.05) is 15.7 Å². The van der Waals surface area contributed by atoms with Crippen molar-refractivity contribution in [2.24, 2.45) is 0 Å². The van der Waals surface area contributed by atoms with Gasteiger partial charge in [-0.25, -0.2) is 0 Å². The van der Waals surface area contributed by atoms with Crippen LogP contribution in [-0.4, -0.2) is 11.0 Å². The number of hydrogen-bond donors (Lipinski definition) is 3. The fraction of sp³-hybridized carbons (Fsp3) is 0.0714. The molecule has 19 heavy (non-hydrogen) atoms. The second-order valence-electron chi connectivity index (χ2n) is 4.30. The van der Waals surface area contributed by atoms with Gasteiger partial charge in [0.2, 0.25) is 0 Å². The van der Waals surface area contributed by atoms with Gasteiger partial charge in [0.05, 0.1) is 5.56 Å². The molecule has 1 aliphatic heterocycles. The van der Waals surface area contributed by atoms with E-state index in [1.54, 1.807) is 24.3 Å². The van der Waals surface area contributed by atoms with E-state index in [9.17, 15) is 9.90 Å². The molecule has 1 heterocycles. The summed E-state index contributed by atoms with van der Waals surface area (Å²) >= 11 is 3.36. The Labute approximate surface area is 118 Å². The van der Waals surface area contributed by atoms with Crippen LogP contribution in [0.2, 0.25) is 0 Å². The molecule has 0 bridgehead atoms. The second kappa shape index (κ2) is 4.59. The third kappa shape index (κ3) is 2.17. The lowest BCUT2D eigenvalue weighted by Gasteiger charge is -2.28. The highest BCUT2D eigenvalue weighted by Gasteiger charge is 2.25. The number of nitrogens with one attached hydrogen (secondary N) is 2. The standard InChI is InChI=1S/C14H11BrN2O2/c15-8-5-6-12(18)10(7-8)13-16-11-4-2-1-3-9(11)14(19)17-13/h1-7,13,16,18H,(H,17,19). The Bertz CT molecular complexity index is 658. The van der Waals surface area contributed by atoms with E-state index in [0.717, 1.165) is 10.2 Å². The van der Waals surface area contributed by atoms with E-state index in [2.05, 4.69) is 26.6 Å². The van der Waals surface area contributed by atoms with E-state index in [4.69, 9.17) is 0 Å². The molecule has 4 nitrogen and oxygen atoms in total. The van der Waals surface area contributed by atoms with Crippen LogP contribution in [0.25, 0.3) is 0 Å². The minimum absolute atomic E-state index is 0.139. The molecule has 1 atom stereocenters. The number of carbonyl (C=O) groups excluding carboxylic acids is 1. The third-order valence-electron chi connectivity index (χ3n) is 3.05. The van der Waals surface area contributed by atoms with Crippen molar-refractivity contribution in [3.63, 3.8) is 0 Å². The minimum atomic E-state index is -0.445. The Hall–Kier alpha value is -2.01. The fourth-order valence-electron chi connectivity index (χ4n) is 2.12. The van der Waals surface area contributed by atoms with E-state index in [1.807, 2.05) is 18.2 Å². The van der Waals surface area contributed by atoms with Gasteiger partial charge < -0.3 is 15.7 Å². The number of phenols is 1. The van der Waals surface area contributed by atoms with Crippen LogP contribution in [0.15, 0.2) is 46.9 Å². The van der Waals surface area contributed by atoms with Gasteiger partial charge in [-0.2, -0.15) is 0 Å². The Balaban J connectivity index is 2.01.